The SMILES string of the molecule is CC(N)c1cccc(S(=O)(=O)NCC(C)(C)C(N)=O)c1. The van der Waals surface area contributed by atoms with Gasteiger partial charge in [0.2, 0.25) is 15.9 Å². The van der Waals surface area contributed by atoms with Gasteiger partial charge in [-0.25, -0.2) is 13.1 Å². The van der Waals surface area contributed by atoms with Crippen molar-refractivity contribution in [3.63, 3.8) is 0 Å². The number of benzene rings is 1. The van der Waals surface area contributed by atoms with Crippen LogP contribution < -0.4 is 16.2 Å². The number of hydrogen-bond donors (Lipinski definition) is 3. The number of hydrogen-bond acceptors (Lipinski definition) is 4. The molecule has 20 heavy (non-hydrogen) atoms. The van der Waals surface area contributed by atoms with Crippen LogP contribution in [0.2, 0.25) is 0 Å². The van der Waals surface area contributed by atoms with Crippen LogP contribution >= 0.6 is 0 Å². The Bertz CT molecular complexity index is 595. The molecule has 1 amide bonds. The van der Waals surface area contributed by atoms with Gasteiger partial charge >= 0.3 is 0 Å². The minimum atomic E-state index is -3.70. The molecule has 0 saturated heterocycles. The fraction of sp³-hybridized carbons (Fsp3) is 0.462. The molecule has 6 nitrogen and oxygen atoms in total. The van der Waals surface area contributed by atoms with Crippen molar-refractivity contribution in [3.05, 3.63) is 29.8 Å². The third kappa shape index (κ3) is 4.03. The van der Waals surface area contributed by atoms with Crippen LogP contribution in [0.1, 0.15) is 32.4 Å². The Kier molecular flexibility index (Phi) is 4.90. The minimum absolute atomic E-state index is 0.0624. The van der Waals surface area contributed by atoms with Crippen LogP contribution in [-0.4, -0.2) is 20.9 Å². The maximum atomic E-state index is 12.2. The highest BCUT2D eigenvalue weighted by atomic mass is 32.2. The first-order chi connectivity index (χ1) is 9.06. The number of amides is 1. The van der Waals surface area contributed by atoms with E-state index in [9.17, 15) is 13.2 Å². The summed E-state index contributed by atoms with van der Waals surface area (Å²) in [6.07, 6.45) is 0. The summed E-state index contributed by atoms with van der Waals surface area (Å²) in [6, 6.07) is 6.13. The fourth-order valence-electron chi connectivity index (χ4n) is 1.41. The maximum Gasteiger partial charge on any atom is 0.240 e. The summed E-state index contributed by atoms with van der Waals surface area (Å²) in [6.45, 7) is 4.87. The second-order valence-corrected chi connectivity index (χ2v) is 7.20. The predicted molar refractivity (Wildman–Crippen MR) is 77.2 cm³/mol. The average Bonchev–Trinajstić information content (AvgIpc) is 2.36. The highest BCUT2D eigenvalue weighted by molar-refractivity contribution is 7.89. The lowest BCUT2D eigenvalue weighted by Gasteiger charge is -2.20. The number of carbonyl (C=O) groups is 1. The molecule has 0 aliphatic rings. The highest BCUT2D eigenvalue weighted by Gasteiger charge is 2.27. The van der Waals surface area contributed by atoms with Gasteiger partial charge in [-0.15, -0.1) is 0 Å². The van der Waals surface area contributed by atoms with Gasteiger partial charge in [0.05, 0.1) is 10.3 Å². The molecule has 1 unspecified atom stereocenters. The van der Waals surface area contributed by atoms with Crippen LogP contribution in [0.5, 0.6) is 0 Å². The van der Waals surface area contributed by atoms with E-state index in [0.717, 1.165) is 5.56 Å². The van der Waals surface area contributed by atoms with Crippen molar-refractivity contribution in [1.82, 2.24) is 4.72 Å². The number of sulfonamides is 1. The summed E-state index contributed by atoms with van der Waals surface area (Å²) in [4.78, 5) is 11.3. The number of primary amides is 1. The van der Waals surface area contributed by atoms with Gasteiger partial charge in [0, 0.05) is 12.6 Å². The Balaban J connectivity index is 2.95. The molecule has 0 aliphatic heterocycles. The third-order valence-corrected chi connectivity index (χ3v) is 4.46. The van der Waals surface area contributed by atoms with Crippen LogP contribution in [0.25, 0.3) is 0 Å². The van der Waals surface area contributed by atoms with E-state index in [1.54, 1.807) is 32.9 Å². The minimum Gasteiger partial charge on any atom is -0.369 e. The smallest absolute Gasteiger partial charge is 0.240 e. The molecule has 0 aromatic heterocycles. The zero-order chi connectivity index (χ0) is 15.6. The first-order valence-electron chi connectivity index (χ1n) is 6.21. The second-order valence-electron chi connectivity index (χ2n) is 5.43. The van der Waals surface area contributed by atoms with Crippen molar-refractivity contribution in [1.29, 1.82) is 0 Å². The topological polar surface area (TPSA) is 115 Å². The van der Waals surface area contributed by atoms with Crippen molar-refractivity contribution in [3.8, 4) is 0 Å². The number of rotatable bonds is 6. The molecule has 1 atom stereocenters. The van der Waals surface area contributed by atoms with E-state index < -0.39 is 21.3 Å². The molecular formula is C13H21N3O3S. The summed E-state index contributed by atoms with van der Waals surface area (Å²) in [5.74, 6) is -0.565. The Morgan fingerprint density at radius 1 is 1.40 bits per heavy atom. The molecule has 7 heteroatoms. The lowest BCUT2D eigenvalue weighted by Crippen LogP contribution is -2.42. The van der Waals surface area contributed by atoms with Gasteiger partial charge < -0.3 is 11.5 Å². The maximum absolute atomic E-state index is 12.2. The Hall–Kier alpha value is -1.44. The fourth-order valence-corrected chi connectivity index (χ4v) is 2.68. The lowest BCUT2D eigenvalue weighted by atomic mass is 9.93. The molecule has 1 aromatic carbocycles. The predicted octanol–water partition coefficient (Wildman–Crippen LogP) is 0.496. The zero-order valence-electron chi connectivity index (χ0n) is 11.9. The van der Waals surface area contributed by atoms with Gasteiger partial charge in [0.25, 0.3) is 0 Å². The van der Waals surface area contributed by atoms with Crippen molar-refractivity contribution in [2.75, 3.05) is 6.54 Å². The summed E-state index contributed by atoms with van der Waals surface area (Å²) < 4.78 is 26.7. The first-order valence-corrected chi connectivity index (χ1v) is 7.70. The molecule has 0 aliphatic carbocycles. The van der Waals surface area contributed by atoms with Crippen molar-refractivity contribution in [2.24, 2.45) is 16.9 Å². The normalized spacial score (nSPS) is 14.0. The van der Waals surface area contributed by atoms with Crippen molar-refractivity contribution in [2.45, 2.75) is 31.7 Å². The first kappa shape index (κ1) is 16.6. The Morgan fingerprint density at radius 2 is 2.00 bits per heavy atom. The van der Waals surface area contributed by atoms with Crippen LogP contribution in [-0.2, 0) is 14.8 Å². The molecule has 0 spiro atoms. The van der Waals surface area contributed by atoms with Crippen LogP contribution in [0, 0.1) is 5.41 Å². The molecule has 0 saturated carbocycles. The van der Waals surface area contributed by atoms with Gasteiger partial charge in [0.1, 0.15) is 0 Å². The molecule has 5 N–H and O–H groups in total. The monoisotopic (exact) mass is 299 g/mol. The van der Waals surface area contributed by atoms with E-state index >= 15 is 0 Å². The van der Waals surface area contributed by atoms with Gasteiger partial charge in [-0.1, -0.05) is 12.1 Å². The molecule has 0 bridgehead atoms. The van der Waals surface area contributed by atoms with E-state index in [2.05, 4.69) is 4.72 Å². The lowest BCUT2D eigenvalue weighted by molar-refractivity contribution is -0.125. The highest BCUT2D eigenvalue weighted by Crippen LogP contribution is 2.18. The van der Waals surface area contributed by atoms with E-state index in [-0.39, 0.29) is 17.5 Å². The summed E-state index contributed by atoms with van der Waals surface area (Å²) in [5, 5.41) is 0. The van der Waals surface area contributed by atoms with Crippen molar-refractivity contribution >= 4 is 15.9 Å². The van der Waals surface area contributed by atoms with Crippen LogP contribution in [0.15, 0.2) is 29.2 Å². The molecule has 0 radical (unpaired) electrons. The standard InChI is InChI=1S/C13H21N3O3S/c1-9(14)10-5-4-6-11(7-10)20(18,19)16-8-13(2,3)12(15)17/h4-7,9,16H,8,14H2,1-3H3,(H2,15,17). The molecular weight excluding hydrogens is 278 g/mol. The molecule has 0 fully saturated rings. The molecule has 1 rings (SSSR count). The van der Waals surface area contributed by atoms with E-state index in [1.165, 1.54) is 12.1 Å². The summed E-state index contributed by atoms with van der Waals surface area (Å²) >= 11 is 0. The number of nitrogens with two attached hydrogens (primary N) is 2. The average molecular weight is 299 g/mol. The number of carbonyl (C=O) groups excluding carboxylic acids is 1. The Labute approximate surface area is 119 Å². The van der Waals surface area contributed by atoms with Gasteiger partial charge in [-0.2, -0.15) is 0 Å². The van der Waals surface area contributed by atoms with Gasteiger partial charge in [0.15, 0.2) is 0 Å². The third-order valence-electron chi connectivity index (χ3n) is 3.07. The zero-order valence-corrected chi connectivity index (χ0v) is 12.7. The quantitative estimate of drug-likeness (QED) is 0.709. The molecule has 1 aromatic rings. The van der Waals surface area contributed by atoms with E-state index in [1.807, 2.05) is 0 Å². The summed E-state index contributed by atoms with van der Waals surface area (Å²) in [7, 11) is -3.70. The van der Waals surface area contributed by atoms with Crippen molar-refractivity contribution < 1.29 is 13.2 Å². The number of nitrogens with one attached hydrogen (secondary N) is 1. The van der Waals surface area contributed by atoms with Crippen LogP contribution in [0.3, 0.4) is 0 Å². The molecule has 112 valence electrons. The molecule has 0 heterocycles. The van der Waals surface area contributed by atoms with E-state index in [4.69, 9.17) is 11.5 Å². The van der Waals surface area contributed by atoms with E-state index in [0.29, 0.717) is 0 Å². The largest absolute Gasteiger partial charge is 0.369 e. The second kappa shape index (κ2) is 5.90. The van der Waals surface area contributed by atoms with Crippen LogP contribution in [0.4, 0.5) is 0 Å². The van der Waals surface area contributed by atoms with Gasteiger partial charge in [-0.3, -0.25) is 4.79 Å². The summed E-state index contributed by atoms with van der Waals surface area (Å²) in [5.41, 5.74) is 10.7. The van der Waals surface area contributed by atoms with Gasteiger partial charge in [-0.05, 0) is 38.5 Å². The Morgan fingerprint density at radius 3 is 2.50 bits per heavy atom.